The molecule has 6 nitrogen and oxygen atoms in total. The highest BCUT2D eigenvalue weighted by Crippen LogP contribution is 2.13. The number of rotatable bonds is 3. The van der Waals surface area contributed by atoms with Crippen LogP contribution in [0.15, 0.2) is 18.3 Å². The molecule has 0 N–H and O–H groups in total. The molecule has 0 atom stereocenters. The molecule has 0 aliphatic carbocycles. The molecule has 0 radical (unpaired) electrons. The van der Waals surface area contributed by atoms with E-state index in [9.17, 15) is 0 Å². The summed E-state index contributed by atoms with van der Waals surface area (Å²) in [5.41, 5.74) is 0.973. The lowest BCUT2D eigenvalue weighted by atomic mass is 10.4. The van der Waals surface area contributed by atoms with Crippen molar-refractivity contribution in [3.05, 3.63) is 35.7 Å². The third-order valence-corrected chi connectivity index (χ3v) is 3.09. The Labute approximate surface area is 111 Å². The first-order valence-corrected chi connectivity index (χ1v) is 6.37. The maximum atomic E-state index is 5.69. The molecule has 0 bridgehead atoms. The Morgan fingerprint density at radius 2 is 2.26 bits per heavy atom. The van der Waals surface area contributed by atoms with Crippen molar-refractivity contribution in [2.24, 2.45) is 0 Å². The van der Waals surface area contributed by atoms with E-state index in [1.165, 1.54) is 0 Å². The van der Waals surface area contributed by atoms with Crippen molar-refractivity contribution in [1.82, 2.24) is 19.7 Å². The van der Waals surface area contributed by atoms with Crippen LogP contribution >= 0.6 is 0 Å². The second-order valence-corrected chi connectivity index (χ2v) is 4.47. The molecular formula is C13H16N4O2. The molecule has 3 rings (SSSR count). The van der Waals surface area contributed by atoms with Gasteiger partial charge < -0.3 is 14.0 Å². The van der Waals surface area contributed by atoms with Crippen molar-refractivity contribution in [1.29, 1.82) is 0 Å². The average molecular weight is 260 g/mol. The third kappa shape index (κ3) is 2.73. The van der Waals surface area contributed by atoms with Crippen LogP contribution in [0.2, 0.25) is 0 Å². The summed E-state index contributed by atoms with van der Waals surface area (Å²) in [5, 5.41) is 8.36. The van der Waals surface area contributed by atoms with E-state index < -0.39 is 0 Å². The smallest absolute Gasteiger partial charge is 0.171 e. The van der Waals surface area contributed by atoms with Gasteiger partial charge in [0, 0.05) is 18.7 Å². The van der Waals surface area contributed by atoms with Crippen molar-refractivity contribution < 1.29 is 9.47 Å². The van der Waals surface area contributed by atoms with Crippen LogP contribution in [0.5, 0.6) is 5.75 Å². The number of aryl methyl sites for hydroxylation is 1. The largest absolute Gasteiger partial charge is 0.484 e. The van der Waals surface area contributed by atoms with Crippen molar-refractivity contribution in [3.8, 4) is 5.75 Å². The summed E-state index contributed by atoms with van der Waals surface area (Å²) < 4.78 is 13.2. The summed E-state index contributed by atoms with van der Waals surface area (Å²) in [5.74, 6) is 2.55. The topological polar surface area (TPSA) is 62.1 Å². The normalized spacial score (nSPS) is 14.8. The van der Waals surface area contributed by atoms with Crippen LogP contribution in [0, 0.1) is 6.92 Å². The molecule has 2 aromatic heterocycles. The van der Waals surface area contributed by atoms with Crippen molar-refractivity contribution in [3.63, 3.8) is 0 Å². The number of pyridine rings is 1. The second kappa shape index (κ2) is 5.36. The Bertz CT molecular complexity index is 550. The molecule has 0 aromatic carbocycles. The van der Waals surface area contributed by atoms with Gasteiger partial charge in [-0.3, -0.25) is 4.98 Å². The fourth-order valence-electron chi connectivity index (χ4n) is 2.03. The van der Waals surface area contributed by atoms with E-state index in [2.05, 4.69) is 19.7 Å². The summed E-state index contributed by atoms with van der Waals surface area (Å²) in [6.07, 6.45) is 2.53. The number of aromatic nitrogens is 4. The van der Waals surface area contributed by atoms with Gasteiger partial charge >= 0.3 is 0 Å². The van der Waals surface area contributed by atoms with Crippen LogP contribution < -0.4 is 4.74 Å². The van der Waals surface area contributed by atoms with Crippen LogP contribution in [-0.4, -0.2) is 33.0 Å². The molecule has 100 valence electrons. The zero-order chi connectivity index (χ0) is 13.1. The Morgan fingerprint density at radius 3 is 3.11 bits per heavy atom. The number of hydrogen-bond donors (Lipinski definition) is 0. The van der Waals surface area contributed by atoms with Crippen molar-refractivity contribution >= 4 is 0 Å². The van der Waals surface area contributed by atoms with Gasteiger partial charge in [-0.15, -0.1) is 10.2 Å². The molecule has 0 amide bonds. The van der Waals surface area contributed by atoms with Crippen LogP contribution in [0.1, 0.15) is 17.3 Å². The standard InChI is InChI=1S/C13H16N4O2/c1-10-2-3-11(8-14-10)19-9-13-16-15-12-4-6-18-7-5-17(12)13/h2-3,8H,4-7,9H2,1H3. The van der Waals surface area contributed by atoms with Gasteiger partial charge in [0.15, 0.2) is 5.82 Å². The quantitative estimate of drug-likeness (QED) is 0.828. The van der Waals surface area contributed by atoms with E-state index in [4.69, 9.17) is 9.47 Å². The Kier molecular flexibility index (Phi) is 3.41. The highest BCUT2D eigenvalue weighted by molar-refractivity contribution is 5.19. The van der Waals surface area contributed by atoms with Crippen LogP contribution in [0.4, 0.5) is 0 Å². The third-order valence-electron chi connectivity index (χ3n) is 3.09. The summed E-state index contributed by atoms with van der Waals surface area (Å²) in [7, 11) is 0. The maximum absolute atomic E-state index is 5.69. The second-order valence-electron chi connectivity index (χ2n) is 4.47. The minimum atomic E-state index is 0.401. The zero-order valence-electron chi connectivity index (χ0n) is 10.9. The van der Waals surface area contributed by atoms with E-state index in [-0.39, 0.29) is 0 Å². The first kappa shape index (κ1) is 12.1. The van der Waals surface area contributed by atoms with E-state index in [0.29, 0.717) is 19.8 Å². The van der Waals surface area contributed by atoms with Gasteiger partial charge in [0.1, 0.15) is 18.2 Å². The van der Waals surface area contributed by atoms with Gasteiger partial charge in [-0.05, 0) is 19.1 Å². The molecule has 3 heterocycles. The summed E-state index contributed by atoms with van der Waals surface area (Å²) >= 11 is 0. The molecular weight excluding hydrogens is 244 g/mol. The lowest BCUT2D eigenvalue weighted by Crippen LogP contribution is -2.10. The average Bonchev–Trinajstić information content (AvgIpc) is 2.66. The molecule has 0 unspecified atom stereocenters. The van der Waals surface area contributed by atoms with E-state index >= 15 is 0 Å². The number of ether oxygens (including phenoxy) is 2. The van der Waals surface area contributed by atoms with Gasteiger partial charge in [0.2, 0.25) is 0 Å². The molecule has 1 aliphatic rings. The lowest BCUT2D eigenvalue weighted by Gasteiger charge is -2.08. The Morgan fingerprint density at radius 1 is 1.32 bits per heavy atom. The van der Waals surface area contributed by atoms with Crippen molar-refractivity contribution in [2.45, 2.75) is 26.5 Å². The Balaban J connectivity index is 1.70. The first-order chi connectivity index (χ1) is 9.33. The van der Waals surface area contributed by atoms with E-state index in [1.807, 2.05) is 19.1 Å². The van der Waals surface area contributed by atoms with Gasteiger partial charge in [-0.25, -0.2) is 0 Å². The van der Waals surface area contributed by atoms with Crippen LogP contribution in [-0.2, 0) is 24.3 Å². The number of hydrogen-bond acceptors (Lipinski definition) is 5. The predicted molar refractivity (Wildman–Crippen MR) is 67.9 cm³/mol. The van der Waals surface area contributed by atoms with Crippen LogP contribution in [0.25, 0.3) is 0 Å². The summed E-state index contributed by atoms with van der Waals surface area (Å²) in [6, 6.07) is 3.83. The highest BCUT2D eigenvalue weighted by atomic mass is 16.5. The number of nitrogens with zero attached hydrogens (tertiary/aromatic N) is 4. The monoisotopic (exact) mass is 260 g/mol. The predicted octanol–water partition coefficient (Wildman–Crippen LogP) is 1.13. The van der Waals surface area contributed by atoms with Crippen LogP contribution in [0.3, 0.4) is 0 Å². The van der Waals surface area contributed by atoms with Gasteiger partial charge in [-0.2, -0.15) is 0 Å². The van der Waals surface area contributed by atoms with Crippen molar-refractivity contribution in [2.75, 3.05) is 13.2 Å². The SMILES string of the molecule is Cc1ccc(OCc2nnc3n2CCOCC3)cn1. The van der Waals surface area contributed by atoms with Gasteiger partial charge in [0.25, 0.3) is 0 Å². The summed E-state index contributed by atoms with van der Waals surface area (Å²) in [6.45, 7) is 4.54. The minimum Gasteiger partial charge on any atom is -0.484 e. The Hall–Kier alpha value is -1.95. The highest BCUT2D eigenvalue weighted by Gasteiger charge is 2.15. The molecule has 6 heteroatoms. The first-order valence-electron chi connectivity index (χ1n) is 6.37. The molecule has 0 fully saturated rings. The zero-order valence-corrected chi connectivity index (χ0v) is 10.9. The molecule has 0 saturated heterocycles. The minimum absolute atomic E-state index is 0.401. The maximum Gasteiger partial charge on any atom is 0.171 e. The summed E-state index contributed by atoms with van der Waals surface area (Å²) in [4.78, 5) is 4.19. The molecule has 1 aliphatic heterocycles. The number of fused-ring (bicyclic) bond motifs is 1. The molecule has 0 spiro atoms. The van der Waals surface area contributed by atoms with E-state index in [0.717, 1.165) is 36.1 Å². The van der Waals surface area contributed by atoms with Gasteiger partial charge in [-0.1, -0.05) is 0 Å². The fraction of sp³-hybridized carbons (Fsp3) is 0.462. The van der Waals surface area contributed by atoms with E-state index in [1.54, 1.807) is 6.20 Å². The van der Waals surface area contributed by atoms with Gasteiger partial charge in [0.05, 0.1) is 19.4 Å². The molecule has 19 heavy (non-hydrogen) atoms. The lowest BCUT2D eigenvalue weighted by molar-refractivity contribution is 0.139. The fourth-order valence-corrected chi connectivity index (χ4v) is 2.03. The molecule has 0 saturated carbocycles. The molecule has 2 aromatic rings.